The van der Waals surface area contributed by atoms with Crippen molar-refractivity contribution < 1.29 is 14.0 Å². The highest BCUT2D eigenvalue weighted by Gasteiger charge is 2.11. The summed E-state index contributed by atoms with van der Waals surface area (Å²) >= 11 is 0. The van der Waals surface area contributed by atoms with Gasteiger partial charge in [-0.15, -0.1) is 0 Å². The smallest absolute Gasteiger partial charge is 0.254 e. The van der Waals surface area contributed by atoms with Gasteiger partial charge in [-0.05, 0) is 44.2 Å². The number of hydrogen-bond donors (Lipinski definition) is 2. The molecule has 27 heavy (non-hydrogen) atoms. The van der Waals surface area contributed by atoms with Crippen molar-refractivity contribution in [1.82, 2.24) is 20.6 Å². The third kappa shape index (κ3) is 4.25. The first-order valence-corrected chi connectivity index (χ1v) is 8.51. The van der Waals surface area contributed by atoms with Crippen LogP contribution in [0.15, 0.2) is 42.5 Å². The summed E-state index contributed by atoms with van der Waals surface area (Å²) in [6.07, 6.45) is 0. The van der Waals surface area contributed by atoms with Crippen LogP contribution in [0, 0.1) is 19.7 Å². The number of aromatic nitrogens is 2. The molecule has 0 fully saturated rings. The minimum atomic E-state index is -0.582. The van der Waals surface area contributed by atoms with Crippen LogP contribution < -0.4 is 10.6 Å². The lowest BCUT2D eigenvalue weighted by atomic mass is 10.1. The van der Waals surface area contributed by atoms with E-state index in [0.29, 0.717) is 11.1 Å². The molecule has 0 saturated heterocycles. The molecule has 0 unspecified atom stereocenters. The molecule has 2 N–H and O–H groups in total. The molecule has 0 aliphatic heterocycles. The van der Waals surface area contributed by atoms with Crippen LogP contribution in [0.25, 0.3) is 11.0 Å². The van der Waals surface area contributed by atoms with E-state index >= 15 is 0 Å². The largest absolute Gasteiger partial charge is 0.350 e. The Hall–Kier alpha value is -3.35. The molecule has 0 spiro atoms. The van der Waals surface area contributed by atoms with Gasteiger partial charge >= 0.3 is 0 Å². The SMILES string of the molecule is Cc1nc2ccc(C(=O)NCCNC(=O)c3ccccc3F)cc2nc1C. The summed E-state index contributed by atoms with van der Waals surface area (Å²) in [6.45, 7) is 4.16. The number of nitrogens with one attached hydrogen (secondary N) is 2. The summed E-state index contributed by atoms with van der Waals surface area (Å²) in [7, 11) is 0. The average molecular weight is 366 g/mol. The van der Waals surface area contributed by atoms with Crippen molar-refractivity contribution >= 4 is 22.8 Å². The van der Waals surface area contributed by atoms with Gasteiger partial charge < -0.3 is 10.6 Å². The number of nitrogens with zero attached hydrogens (tertiary/aromatic N) is 2. The molecule has 2 aromatic carbocycles. The first-order valence-electron chi connectivity index (χ1n) is 8.51. The third-order valence-electron chi connectivity index (χ3n) is 4.15. The number of rotatable bonds is 5. The van der Waals surface area contributed by atoms with Gasteiger partial charge in [0, 0.05) is 18.7 Å². The summed E-state index contributed by atoms with van der Waals surface area (Å²) in [6, 6.07) is 10.9. The second-order valence-electron chi connectivity index (χ2n) is 6.09. The van der Waals surface area contributed by atoms with Crippen LogP contribution in [0.2, 0.25) is 0 Å². The number of benzene rings is 2. The Balaban J connectivity index is 1.56. The lowest BCUT2D eigenvalue weighted by Crippen LogP contribution is -2.35. The van der Waals surface area contributed by atoms with Crippen molar-refractivity contribution in [3.8, 4) is 0 Å². The summed E-state index contributed by atoms with van der Waals surface area (Å²) in [5, 5.41) is 5.29. The van der Waals surface area contributed by atoms with Gasteiger partial charge in [0.25, 0.3) is 11.8 Å². The molecular formula is C20H19FN4O2. The first kappa shape index (κ1) is 18.4. The van der Waals surface area contributed by atoms with Crippen molar-refractivity contribution in [1.29, 1.82) is 0 Å². The van der Waals surface area contributed by atoms with Crippen LogP contribution in [-0.4, -0.2) is 34.9 Å². The first-order chi connectivity index (χ1) is 13.0. The molecule has 0 bridgehead atoms. The minimum absolute atomic E-state index is 0.0254. The van der Waals surface area contributed by atoms with E-state index in [-0.39, 0.29) is 24.6 Å². The average Bonchev–Trinajstić information content (AvgIpc) is 2.65. The number of amides is 2. The lowest BCUT2D eigenvalue weighted by molar-refractivity contribution is 0.0925. The molecule has 0 atom stereocenters. The predicted molar refractivity (Wildman–Crippen MR) is 100 cm³/mol. The number of hydrogen-bond acceptors (Lipinski definition) is 4. The molecule has 0 radical (unpaired) electrons. The second kappa shape index (κ2) is 7.90. The number of carbonyl (C=O) groups excluding carboxylic acids is 2. The maximum Gasteiger partial charge on any atom is 0.254 e. The van der Waals surface area contributed by atoms with E-state index in [1.165, 1.54) is 18.2 Å². The van der Waals surface area contributed by atoms with Crippen LogP contribution >= 0.6 is 0 Å². The Kier molecular flexibility index (Phi) is 5.40. The summed E-state index contributed by atoms with van der Waals surface area (Å²) < 4.78 is 13.5. The maximum atomic E-state index is 13.5. The monoisotopic (exact) mass is 366 g/mol. The van der Waals surface area contributed by atoms with Crippen LogP contribution in [0.1, 0.15) is 32.1 Å². The molecular weight excluding hydrogens is 347 g/mol. The van der Waals surface area contributed by atoms with Gasteiger partial charge in [0.2, 0.25) is 0 Å². The number of fused-ring (bicyclic) bond motifs is 1. The van der Waals surface area contributed by atoms with Crippen molar-refractivity contribution in [2.75, 3.05) is 13.1 Å². The fraction of sp³-hybridized carbons (Fsp3) is 0.200. The van der Waals surface area contributed by atoms with Gasteiger partial charge in [-0.3, -0.25) is 9.59 Å². The molecule has 3 aromatic rings. The molecule has 138 valence electrons. The van der Waals surface area contributed by atoms with Crippen molar-refractivity contribution in [2.24, 2.45) is 0 Å². The highest BCUT2D eigenvalue weighted by atomic mass is 19.1. The quantitative estimate of drug-likeness (QED) is 0.680. The lowest BCUT2D eigenvalue weighted by Gasteiger charge is -2.08. The van der Waals surface area contributed by atoms with Gasteiger partial charge in [0.1, 0.15) is 5.82 Å². The summed E-state index contributed by atoms with van der Waals surface area (Å²) in [5.41, 5.74) is 3.48. The highest BCUT2D eigenvalue weighted by molar-refractivity contribution is 5.97. The molecule has 3 rings (SSSR count). The van der Waals surface area contributed by atoms with E-state index in [9.17, 15) is 14.0 Å². The fourth-order valence-corrected chi connectivity index (χ4v) is 2.57. The van der Waals surface area contributed by atoms with Crippen LogP contribution in [0.4, 0.5) is 4.39 Å². The number of carbonyl (C=O) groups is 2. The molecule has 2 amide bonds. The van der Waals surface area contributed by atoms with Crippen LogP contribution in [0.3, 0.4) is 0 Å². The van der Waals surface area contributed by atoms with E-state index in [1.54, 1.807) is 24.3 Å². The molecule has 7 heteroatoms. The minimum Gasteiger partial charge on any atom is -0.350 e. The molecule has 1 aromatic heterocycles. The highest BCUT2D eigenvalue weighted by Crippen LogP contribution is 2.14. The topological polar surface area (TPSA) is 84.0 Å². The predicted octanol–water partition coefficient (Wildman–Crippen LogP) is 2.55. The van der Waals surface area contributed by atoms with E-state index in [2.05, 4.69) is 20.6 Å². The Morgan fingerprint density at radius 2 is 1.52 bits per heavy atom. The van der Waals surface area contributed by atoms with E-state index in [4.69, 9.17) is 0 Å². The van der Waals surface area contributed by atoms with Gasteiger partial charge in [-0.25, -0.2) is 14.4 Å². The van der Waals surface area contributed by atoms with E-state index < -0.39 is 11.7 Å². The number of aryl methyl sites for hydroxylation is 2. The van der Waals surface area contributed by atoms with Crippen molar-refractivity contribution in [2.45, 2.75) is 13.8 Å². The van der Waals surface area contributed by atoms with Gasteiger partial charge in [0.15, 0.2) is 0 Å². The summed E-state index contributed by atoms with van der Waals surface area (Å²) in [4.78, 5) is 33.1. The Labute approximate surface area is 155 Å². The molecule has 0 aliphatic carbocycles. The van der Waals surface area contributed by atoms with Gasteiger partial charge in [0.05, 0.1) is 28.0 Å². The van der Waals surface area contributed by atoms with Crippen LogP contribution in [0.5, 0.6) is 0 Å². The number of halogens is 1. The standard InChI is InChI=1S/C20H19FN4O2/c1-12-13(2)25-18-11-14(7-8-17(18)24-12)19(26)22-9-10-23-20(27)15-5-3-4-6-16(15)21/h3-8,11H,9-10H2,1-2H3,(H,22,26)(H,23,27). The molecule has 6 nitrogen and oxygen atoms in total. The molecule has 1 heterocycles. The van der Waals surface area contributed by atoms with E-state index in [0.717, 1.165) is 16.9 Å². The normalized spacial score (nSPS) is 10.6. The fourth-order valence-electron chi connectivity index (χ4n) is 2.57. The van der Waals surface area contributed by atoms with Gasteiger partial charge in [-0.1, -0.05) is 12.1 Å². The van der Waals surface area contributed by atoms with Crippen molar-refractivity contribution in [3.05, 3.63) is 70.8 Å². The van der Waals surface area contributed by atoms with E-state index in [1.807, 2.05) is 13.8 Å². The maximum absolute atomic E-state index is 13.5. The zero-order chi connectivity index (χ0) is 19.4. The van der Waals surface area contributed by atoms with Gasteiger partial charge in [-0.2, -0.15) is 0 Å². The Bertz CT molecular complexity index is 1020. The Morgan fingerprint density at radius 3 is 2.22 bits per heavy atom. The molecule has 0 aliphatic rings. The van der Waals surface area contributed by atoms with Crippen molar-refractivity contribution in [3.63, 3.8) is 0 Å². The zero-order valence-electron chi connectivity index (χ0n) is 15.0. The molecule has 0 saturated carbocycles. The summed E-state index contributed by atoms with van der Waals surface area (Å²) in [5.74, 6) is -1.38. The Morgan fingerprint density at radius 1 is 0.889 bits per heavy atom. The second-order valence-corrected chi connectivity index (χ2v) is 6.09. The van der Waals surface area contributed by atoms with Crippen LogP contribution in [-0.2, 0) is 0 Å². The zero-order valence-corrected chi connectivity index (χ0v) is 15.0. The third-order valence-corrected chi connectivity index (χ3v) is 4.15.